The molecule has 3 fully saturated rings. The molecule has 5 heteroatoms. The monoisotopic (exact) mass is 539 g/mol. The summed E-state index contributed by atoms with van der Waals surface area (Å²) in [4.78, 5) is 12.6. The van der Waals surface area contributed by atoms with E-state index in [0.717, 1.165) is 43.6 Å². The van der Waals surface area contributed by atoms with E-state index in [9.17, 15) is 4.79 Å². The predicted octanol–water partition coefficient (Wildman–Crippen LogP) is 7.03. The van der Waals surface area contributed by atoms with Crippen LogP contribution in [0.25, 0.3) is 0 Å². The van der Waals surface area contributed by atoms with E-state index in [0.29, 0.717) is 11.8 Å². The number of fused-ring (bicyclic) bond motifs is 1. The van der Waals surface area contributed by atoms with Crippen LogP contribution in [0.3, 0.4) is 0 Å². The fourth-order valence-corrected chi connectivity index (χ4v) is 7.84. The van der Waals surface area contributed by atoms with Gasteiger partial charge in [-0.1, -0.05) is 89.4 Å². The van der Waals surface area contributed by atoms with Crippen molar-refractivity contribution in [2.45, 2.75) is 74.0 Å². The molecule has 0 saturated heterocycles. The Morgan fingerprint density at radius 2 is 1.80 bits per heavy atom. The SMILES string of the molecule is C[C@@H]1CC[C@@H](C(C)(C)c2ccccc2)[C@H](OC(=O)NCCC2C[C@@H]3[C@H](C2)C3(Br)Br)C1. The summed E-state index contributed by atoms with van der Waals surface area (Å²) < 4.78 is 6.25. The van der Waals surface area contributed by atoms with Crippen LogP contribution in [0.15, 0.2) is 30.3 Å². The third-order valence-electron chi connectivity index (χ3n) is 8.12. The topological polar surface area (TPSA) is 38.3 Å². The normalized spacial score (nSPS) is 34.8. The molecule has 4 rings (SSSR count). The summed E-state index contributed by atoms with van der Waals surface area (Å²) in [6, 6.07) is 10.7. The number of benzene rings is 1. The molecule has 3 nitrogen and oxygen atoms in total. The smallest absolute Gasteiger partial charge is 0.407 e. The summed E-state index contributed by atoms with van der Waals surface area (Å²) in [5, 5.41) is 3.05. The maximum atomic E-state index is 12.6. The van der Waals surface area contributed by atoms with Gasteiger partial charge in [-0.25, -0.2) is 4.79 Å². The van der Waals surface area contributed by atoms with Crippen LogP contribution in [0.5, 0.6) is 0 Å². The zero-order valence-electron chi connectivity index (χ0n) is 18.4. The van der Waals surface area contributed by atoms with Gasteiger partial charge in [-0.3, -0.25) is 0 Å². The summed E-state index contributed by atoms with van der Waals surface area (Å²) in [6.45, 7) is 7.60. The van der Waals surface area contributed by atoms with Crippen LogP contribution in [0, 0.1) is 29.6 Å². The lowest BCUT2D eigenvalue weighted by Crippen LogP contribution is -2.45. The Bertz CT molecular complexity index is 737. The lowest BCUT2D eigenvalue weighted by molar-refractivity contribution is -0.00323. The number of carbonyl (C=O) groups excluding carboxylic acids is 1. The molecule has 3 aliphatic carbocycles. The first-order valence-electron chi connectivity index (χ1n) is 11.6. The number of carbonyl (C=O) groups is 1. The molecule has 1 aromatic carbocycles. The molecule has 1 amide bonds. The van der Waals surface area contributed by atoms with Crippen LogP contribution in [-0.4, -0.2) is 22.0 Å². The number of ether oxygens (including phenoxy) is 1. The van der Waals surface area contributed by atoms with Gasteiger partial charge in [0.1, 0.15) is 6.10 Å². The van der Waals surface area contributed by atoms with Crippen LogP contribution in [0.1, 0.15) is 64.9 Å². The number of halogens is 2. The second-order valence-electron chi connectivity index (χ2n) is 10.5. The van der Waals surface area contributed by atoms with Crippen molar-refractivity contribution in [3.8, 4) is 0 Å². The summed E-state index contributed by atoms with van der Waals surface area (Å²) in [7, 11) is 0. The maximum absolute atomic E-state index is 12.6. The van der Waals surface area contributed by atoms with Crippen molar-refractivity contribution in [3.05, 3.63) is 35.9 Å². The molecule has 166 valence electrons. The number of alkyl halides is 2. The van der Waals surface area contributed by atoms with Crippen LogP contribution in [0.4, 0.5) is 4.79 Å². The third-order valence-corrected chi connectivity index (χ3v) is 10.5. The molecular weight excluding hydrogens is 506 g/mol. The highest BCUT2D eigenvalue weighted by Crippen LogP contribution is 2.70. The number of amides is 1. The largest absolute Gasteiger partial charge is 0.446 e. The van der Waals surface area contributed by atoms with Gasteiger partial charge in [0.2, 0.25) is 0 Å². The summed E-state index contributed by atoms with van der Waals surface area (Å²) in [6.07, 6.45) is 6.57. The third kappa shape index (κ3) is 4.62. The molecule has 1 aromatic rings. The van der Waals surface area contributed by atoms with Crippen LogP contribution in [-0.2, 0) is 10.2 Å². The quantitative estimate of drug-likeness (QED) is 0.393. The highest BCUT2D eigenvalue weighted by Gasteiger charge is 2.65. The zero-order valence-corrected chi connectivity index (χ0v) is 21.5. The Morgan fingerprint density at radius 1 is 1.13 bits per heavy atom. The van der Waals surface area contributed by atoms with Gasteiger partial charge in [-0.05, 0) is 66.8 Å². The first kappa shape index (κ1) is 22.6. The zero-order chi connectivity index (χ0) is 21.5. The second kappa shape index (κ2) is 8.77. The molecule has 0 spiro atoms. The van der Waals surface area contributed by atoms with Crippen molar-refractivity contribution in [2.75, 3.05) is 6.54 Å². The van der Waals surface area contributed by atoms with E-state index in [4.69, 9.17) is 4.74 Å². The maximum Gasteiger partial charge on any atom is 0.407 e. The van der Waals surface area contributed by atoms with Crippen LogP contribution in [0.2, 0.25) is 0 Å². The summed E-state index contributed by atoms with van der Waals surface area (Å²) in [5.41, 5.74) is 1.31. The van der Waals surface area contributed by atoms with E-state index in [2.05, 4.69) is 88.3 Å². The number of alkyl carbamates (subject to hydrolysis) is 1. The van der Waals surface area contributed by atoms with Crippen molar-refractivity contribution in [3.63, 3.8) is 0 Å². The minimum Gasteiger partial charge on any atom is -0.446 e. The average molecular weight is 541 g/mol. The van der Waals surface area contributed by atoms with E-state index in [1.165, 1.54) is 24.8 Å². The van der Waals surface area contributed by atoms with Crippen molar-refractivity contribution in [2.24, 2.45) is 29.6 Å². The van der Waals surface area contributed by atoms with E-state index in [1.807, 2.05) is 0 Å². The number of nitrogens with one attached hydrogen (secondary N) is 1. The first-order chi connectivity index (χ1) is 14.2. The molecule has 1 unspecified atom stereocenters. The van der Waals surface area contributed by atoms with Gasteiger partial charge in [0.25, 0.3) is 0 Å². The summed E-state index contributed by atoms with van der Waals surface area (Å²) in [5.74, 6) is 3.20. The van der Waals surface area contributed by atoms with Gasteiger partial charge in [0.15, 0.2) is 0 Å². The van der Waals surface area contributed by atoms with Crippen molar-refractivity contribution in [1.82, 2.24) is 5.32 Å². The molecule has 6 atom stereocenters. The molecule has 0 heterocycles. The van der Waals surface area contributed by atoms with Crippen molar-refractivity contribution >= 4 is 38.0 Å². The molecule has 0 aromatic heterocycles. The van der Waals surface area contributed by atoms with Crippen LogP contribution < -0.4 is 5.32 Å². The van der Waals surface area contributed by atoms with Crippen molar-refractivity contribution < 1.29 is 9.53 Å². The van der Waals surface area contributed by atoms with Gasteiger partial charge in [0, 0.05) is 12.5 Å². The number of hydrogen-bond acceptors (Lipinski definition) is 2. The van der Waals surface area contributed by atoms with Gasteiger partial charge < -0.3 is 10.1 Å². The van der Waals surface area contributed by atoms with Gasteiger partial charge in [0.05, 0.1) is 3.23 Å². The highest BCUT2D eigenvalue weighted by atomic mass is 79.9. The molecule has 30 heavy (non-hydrogen) atoms. The molecule has 1 N–H and O–H groups in total. The lowest BCUT2D eigenvalue weighted by atomic mass is 9.64. The summed E-state index contributed by atoms with van der Waals surface area (Å²) >= 11 is 7.55. The molecule has 0 aliphatic heterocycles. The number of hydrogen-bond donors (Lipinski definition) is 1. The van der Waals surface area contributed by atoms with E-state index < -0.39 is 0 Å². The van der Waals surface area contributed by atoms with E-state index in [1.54, 1.807) is 0 Å². The fourth-order valence-electron chi connectivity index (χ4n) is 6.08. The van der Waals surface area contributed by atoms with Crippen LogP contribution >= 0.6 is 31.9 Å². The Kier molecular flexibility index (Phi) is 6.62. The minimum atomic E-state index is -0.235. The first-order valence-corrected chi connectivity index (χ1v) is 13.2. The molecule has 3 saturated carbocycles. The molecule has 0 bridgehead atoms. The number of rotatable bonds is 6. The highest BCUT2D eigenvalue weighted by molar-refractivity contribution is 9.25. The minimum absolute atomic E-state index is 0.0188. The average Bonchev–Trinajstić information content (AvgIpc) is 3.04. The predicted molar refractivity (Wildman–Crippen MR) is 129 cm³/mol. The molecule has 3 aliphatic rings. The van der Waals surface area contributed by atoms with Crippen molar-refractivity contribution in [1.29, 1.82) is 0 Å². The molecule has 0 radical (unpaired) electrons. The van der Waals surface area contributed by atoms with Gasteiger partial charge in [-0.2, -0.15) is 0 Å². The molecular formula is C25H35Br2NO2. The van der Waals surface area contributed by atoms with E-state index >= 15 is 0 Å². The second-order valence-corrected chi connectivity index (χ2v) is 14.2. The standard InChI is InChI=1S/C25H35Br2NO2/c1-16-9-10-19(24(2,3)18-7-5-4-6-8-18)22(13-16)30-23(29)28-12-11-17-14-20-21(15-17)25(20,26)27/h4-8,16-17,19-22H,9-15H2,1-3H3,(H,28,29)/t16-,17?,19-,20-,21+,22-/m1/s1. The lowest BCUT2D eigenvalue weighted by Gasteiger charge is -2.43. The Morgan fingerprint density at radius 3 is 2.47 bits per heavy atom. The Balaban J connectivity index is 1.29. The van der Waals surface area contributed by atoms with Gasteiger partial charge in [-0.15, -0.1) is 0 Å². The van der Waals surface area contributed by atoms with E-state index in [-0.39, 0.29) is 20.8 Å². The fraction of sp³-hybridized carbons (Fsp3) is 0.720. The van der Waals surface area contributed by atoms with Gasteiger partial charge >= 0.3 is 6.09 Å². The Hall–Kier alpha value is -0.550. The Labute approximate surface area is 198 Å².